The predicted molar refractivity (Wildman–Crippen MR) is 73.4 cm³/mol. The van der Waals surface area contributed by atoms with E-state index in [1.165, 1.54) is 4.31 Å². The second-order valence-corrected chi connectivity index (χ2v) is 6.89. The summed E-state index contributed by atoms with van der Waals surface area (Å²) in [6, 6.07) is 0. The Labute approximate surface area is 111 Å². The summed E-state index contributed by atoms with van der Waals surface area (Å²) in [7, 11) is 0.668. The van der Waals surface area contributed by atoms with Gasteiger partial charge in [0.25, 0.3) is 10.2 Å². The van der Waals surface area contributed by atoms with Gasteiger partial charge in [-0.2, -0.15) is 12.7 Å². The Morgan fingerprint density at radius 1 is 1.33 bits per heavy atom. The Morgan fingerprint density at radius 2 is 1.94 bits per heavy atom. The van der Waals surface area contributed by atoms with E-state index in [9.17, 15) is 8.42 Å². The molecular formula is C11H26N4O2S. The number of nitrogens with one attached hydrogen (secondary N) is 1. The molecule has 1 aliphatic heterocycles. The van der Waals surface area contributed by atoms with Gasteiger partial charge in [0.2, 0.25) is 0 Å². The molecule has 7 heteroatoms. The molecule has 0 aromatic rings. The van der Waals surface area contributed by atoms with E-state index in [1.807, 2.05) is 19.0 Å². The van der Waals surface area contributed by atoms with Crippen LogP contribution in [0.4, 0.5) is 0 Å². The Kier molecular flexibility index (Phi) is 6.51. The molecule has 6 nitrogen and oxygen atoms in total. The first kappa shape index (κ1) is 15.8. The second kappa shape index (κ2) is 7.40. The van der Waals surface area contributed by atoms with Gasteiger partial charge in [-0.25, -0.2) is 4.72 Å². The topological polar surface area (TPSA) is 78.7 Å². The molecule has 0 atom stereocenters. The van der Waals surface area contributed by atoms with Gasteiger partial charge in [-0.15, -0.1) is 0 Å². The van der Waals surface area contributed by atoms with Crippen molar-refractivity contribution in [3.05, 3.63) is 0 Å². The fraction of sp³-hybridized carbons (Fsp3) is 1.00. The molecule has 0 aromatic heterocycles. The van der Waals surface area contributed by atoms with Crippen LogP contribution in [0.5, 0.6) is 0 Å². The summed E-state index contributed by atoms with van der Waals surface area (Å²) in [6.45, 7) is 3.22. The van der Waals surface area contributed by atoms with Crippen molar-refractivity contribution >= 4 is 10.2 Å². The molecule has 0 aromatic carbocycles. The largest absolute Gasteiger partial charge is 0.330 e. The summed E-state index contributed by atoms with van der Waals surface area (Å²) in [6.07, 6.45) is 2.57. The van der Waals surface area contributed by atoms with E-state index in [2.05, 4.69) is 4.72 Å². The summed E-state index contributed by atoms with van der Waals surface area (Å²) in [5.74, 6) is 0.477. The van der Waals surface area contributed by atoms with Crippen LogP contribution < -0.4 is 10.5 Å². The molecule has 1 fully saturated rings. The highest BCUT2D eigenvalue weighted by molar-refractivity contribution is 7.87. The molecule has 0 aliphatic carbocycles. The molecule has 1 saturated heterocycles. The van der Waals surface area contributed by atoms with Crippen LogP contribution in [-0.4, -0.2) is 64.4 Å². The Bertz CT molecular complexity index is 324. The molecule has 1 aliphatic rings. The maximum Gasteiger partial charge on any atom is 0.279 e. The van der Waals surface area contributed by atoms with Crippen LogP contribution in [-0.2, 0) is 10.2 Å². The second-order valence-electron chi connectivity index (χ2n) is 5.13. The number of piperidine rings is 1. The molecule has 3 N–H and O–H groups in total. The van der Waals surface area contributed by atoms with E-state index < -0.39 is 10.2 Å². The first-order valence-electron chi connectivity index (χ1n) is 6.55. The summed E-state index contributed by atoms with van der Waals surface area (Å²) in [4.78, 5) is 2.04. The third-order valence-electron chi connectivity index (χ3n) is 3.31. The summed E-state index contributed by atoms with van der Waals surface area (Å²) >= 11 is 0. The van der Waals surface area contributed by atoms with E-state index in [0.717, 1.165) is 25.8 Å². The van der Waals surface area contributed by atoms with Gasteiger partial charge in [0.15, 0.2) is 0 Å². The van der Waals surface area contributed by atoms with Crippen molar-refractivity contribution in [3.8, 4) is 0 Å². The summed E-state index contributed by atoms with van der Waals surface area (Å²) in [5.41, 5.74) is 5.60. The van der Waals surface area contributed by atoms with Crippen LogP contribution in [0.1, 0.15) is 19.3 Å². The zero-order valence-electron chi connectivity index (χ0n) is 11.4. The summed E-state index contributed by atoms with van der Waals surface area (Å²) < 4.78 is 28.2. The minimum atomic E-state index is -3.29. The highest BCUT2D eigenvalue weighted by Gasteiger charge is 2.26. The van der Waals surface area contributed by atoms with Crippen LogP contribution >= 0.6 is 0 Å². The molecule has 1 heterocycles. The van der Waals surface area contributed by atoms with Gasteiger partial charge in [-0.1, -0.05) is 0 Å². The highest BCUT2D eigenvalue weighted by Crippen LogP contribution is 2.17. The number of hydrogen-bond acceptors (Lipinski definition) is 4. The maximum absolute atomic E-state index is 12.0. The van der Waals surface area contributed by atoms with Gasteiger partial charge >= 0.3 is 0 Å². The molecule has 108 valence electrons. The van der Waals surface area contributed by atoms with Crippen molar-refractivity contribution in [1.82, 2.24) is 13.9 Å². The minimum absolute atomic E-state index is 0.477. The first-order valence-corrected chi connectivity index (χ1v) is 7.99. The smallest absolute Gasteiger partial charge is 0.279 e. The third kappa shape index (κ3) is 5.19. The zero-order chi connectivity index (χ0) is 13.6. The van der Waals surface area contributed by atoms with E-state index >= 15 is 0 Å². The molecule has 0 unspecified atom stereocenters. The molecule has 18 heavy (non-hydrogen) atoms. The monoisotopic (exact) mass is 278 g/mol. The van der Waals surface area contributed by atoms with E-state index in [0.29, 0.717) is 32.1 Å². The molecule has 1 rings (SSSR count). The Hall–Kier alpha value is -0.210. The molecule has 0 bridgehead atoms. The number of hydrogen-bond donors (Lipinski definition) is 2. The van der Waals surface area contributed by atoms with Crippen LogP contribution in [0.2, 0.25) is 0 Å². The zero-order valence-corrected chi connectivity index (χ0v) is 12.2. The average Bonchev–Trinajstić information content (AvgIpc) is 2.34. The van der Waals surface area contributed by atoms with Crippen LogP contribution in [0, 0.1) is 5.92 Å². The van der Waals surface area contributed by atoms with Gasteiger partial charge in [0.1, 0.15) is 0 Å². The van der Waals surface area contributed by atoms with Gasteiger partial charge in [-0.3, -0.25) is 0 Å². The molecule has 0 spiro atoms. The van der Waals surface area contributed by atoms with E-state index in [-0.39, 0.29) is 0 Å². The lowest BCUT2D eigenvalue weighted by Crippen LogP contribution is -2.46. The van der Waals surface area contributed by atoms with Crippen molar-refractivity contribution < 1.29 is 8.42 Å². The lowest BCUT2D eigenvalue weighted by atomic mass is 9.99. The maximum atomic E-state index is 12.0. The number of nitrogens with zero attached hydrogens (tertiary/aromatic N) is 2. The fourth-order valence-electron chi connectivity index (χ4n) is 2.07. The lowest BCUT2D eigenvalue weighted by molar-refractivity contribution is 0.275. The van der Waals surface area contributed by atoms with Crippen molar-refractivity contribution in [2.45, 2.75) is 19.3 Å². The highest BCUT2D eigenvalue weighted by atomic mass is 32.2. The Balaban J connectivity index is 2.31. The molecule has 0 saturated carbocycles. The number of nitrogens with two attached hydrogens (primary N) is 1. The molecular weight excluding hydrogens is 252 g/mol. The van der Waals surface area contributed by atoms with Gasteiger partial charge < -0.3 is 10.6 Å². The van der Waals surface area contributed by atoms with Crippen LogP contribution in [0.25, 0.3) is 0 Å². The first-order chi connectivity index (χ1) is 8.45. The van der Waals surface area contributed by atoms with E-state index in [1.54, 1.807) is 0 Å². The summed E-state index contributed by atoms with van der Waals surface area (Å²) in [5, 5.41) is 0. The van der Waals surface area contributed by atoms with Gasteiger partial charge in [-0.05, 0) is 52.4 Å². The predicted octanol–water partition coefficient (Wildman–Crippen LogP) is -0.557. The minimum Gasteiger partial charge on any atom is -0.330 e. The van der Waals surface area contributed by atoms with Crippen LogP contribution in [0.15, 0.2) is 0 Å². The van der Waals surface area contributed by atoms with Crippen molar-refractivity contribution in [2.75, 3.05) is 46.8 Å². The van der Waals surface area contributed by atoms with E-state index in [4.69, 9.17) is 5.73 Å². The van der Waals surface area contributed by atoms with Crippen molar-refractivity contribution in [1.29, 1.82) is 0 Å². The quantitative estimate of drug-likeness (QED) is 0.612. The lowest BCUT2D eigenvalue weighted by Gasteiger charge is -2.30. The van der Waals surface area contributed by atoms with Crippen molar-refractivity contribution in [3.63, 3.8) is 0 Å². The Morgan fingerprint density at radius 3 is 2.44 bits per heavy atom. The molecule has 0 radical (unpaired) electrons. The van der Waals surface area contributed by atoms with Crippen LogP contribution in [0.3, 0.4) is 0 Å². The normalized spacial score (nSPS) is 19.6. The molecule has 0 amide bonds. The third-order valence-corrected chi connectivity index (χ3v) is 4.93. The van der Waals surface area contributed by atoms with Gasteiger partial charge in [0, 0.05) is 19.6 Å². The SMILES string of the molecule is CN(C)CCCNS(=O)(=O)N1CCC(CN)CC1. The average molecular weight is 278 g/mol. The van der Waals surface area contributed by atoms with Gasteiger partial charge in [0.05, 0.1) is 0 Å². The standard InChI is InChI=1S/C11H26N4O2S/c1-14(2)7-3-6-13-18(16,17)15-8-4-11(10-12)5-9-15/h11,13H,3-10,12H2,1-2H3. The van der Waals surface area contributed by atoms with Crippen molar-refractivity contribution in [2.24, 2.45) is 11.7 Å². The fourth-order valence-corrected chi connectivity index (χ4v) is 3.35. The number of rotatable bonds is 7.